The van der Waals surface area contributed by atoms with Gasteiger partial charge in [0.15, 0.2) is 11.2 Å². The predicted octanol–water partition coefficient (Wildman–Crippen LogP) is 3.56. The number of nitrogens with one attached hydrogen (secondary N) is 1. The molecular weight excluding hydrogens is 387 g/mol. The third-order valence-electron chi connectivity index (χ3n) is 4.73. The number of aryl methyl sites for hydroxylation is 1. The van der Waals surface area contributed by atoms with Crippen LogP contribution in [0.3, 0.4) is 0 Å². The van der Waals surface area contributed by atoms with Crippen molar-refractivity contribution in [1.29, 1.82) is 0 Å². The number of hydrogen-bond acceptors (Lipinski definition) is 6. The maximum absolute atomic E-state index is 13.3. The molecule has 0 saturated carbocycles. The maximum Gasteiger partial charge on any atom is 0.249 e. The molecule has 0 radical (unpaired) electrons. The van der Waals surface area contributed by atoms with Crippen molar-refractivity contribution in [2.24, 2.45) is 0 Å². The first-order valence-electron chi connectivity index (χ1n) is 9.20. The molecule has 5 rings (SSSR count). The van der Waals surface area contributed by atoms with Gasteiger partial charge >= 0.3 is 0 Å². The number of aromatic nitrogens is 5. The first-order chi connectivity index (χ1) is 14.6. The standard InChI is InChI=1S/C21H15FN6O2/c1-12-14(7-8-18(22)23-12)13-6-9-19-24-21(26-28(19)11-13)25-20(29)10-16-15-4-2-3-5-17(15)30-27-16/h2-9,11H,10H2,1H3,(H,25,26,29). The first-order valence-corrected chi connectivity index (χ1v) is 9.20. The molecule has 0 fully saturated rings. The Kier molecular flexibility index (Phi) is 4.20. The van der Waals surface area contributed by atoms with E-state index in [0.29, 0.717) is 22.6 Å². The smallest absolute Gasteiger partial charge is 0.249 e. The molecule has 0 bridgehead atoms. The van der Waals surface area contributed by atoms with E-state index < -0.39 is 5.95 Å². The predicted molar refractivity (Wildman–Crippen MR) is 107 cm³/mol. The average molecular weight is 402 g/mol. The van der Waals surface area contributed by atoms with Crippen LogP contribution >= 0.6 is 0 Å². The molecule has 0 atom stereocenters. The third kappa shape index (κ3) is 3.26. The highest BCUT2D eigenvalue weighted by Gasteiger charge is 2.14. The number of benzene rings is 1. The van der Waals surface area contributed by atoms with E-state index in [1.165, 1.54) is 6.07 Å². The van der Waals surface area contributed by atoms with Crippen molar-refractivity contribution in [3.8, 4) is 11.1 Å². The Morgan fingerprint density at radius 2 is 2.00 bits per heavy atom. The van der Waals surface area contributed by atoms with Gasteiger partial charge in [-0.2, -0.15) is 9.37 Å². The van der Waals surface area contributed by atoms with Gasteiger partial charge in [-0.3, -0.25) is 10.1 Å². The largest absolute Gasteiger partial charge is 0.356 e. The molecule has 0 aliphatic carbocycles. The second kappa shape index (κ2) is 7.03. The summed E-state index contributed by atoms with van der Waals surface area (Å²) in [7, 11) is 0. The zero-order valence-electron chi connectivity index (χ0n) is 15.8. The summed E-state index contributed by atoms with van der Waals surface area (Å²) in [4.78, 5) is 20.6. The maximum atomic E-state index is 13.3. The topological polar surface area (TPSA) is 98.2 Å². The molecule has 8 nitrogen and oxygen atoms in total. The zero-order valence-corrected chi connectivity index (χ0v) is 15.8. The monoisotopic (exact) mass is 402 g/mol. The fourth-order valence-electron chi connectivity index (χ4n) is 3.32. The van der Waals surface area contributed by atoms with Gasteiger partial charge in [0.2, 0.25) is 17.8 Å². The summed E-state index contributed by atoms with van der Waals surface area (Å²) in [5.74, 6) is -0.648. The van der Waals surface area contributed by atoms with Crippen molar-refractivity contribution < 1.29 is 13.7 Å². The van der Waals surface area contributed by atoms with Gasteiger partial charge < -0.3 is 4.52 Å². The summed E-state index contributed by atoms with van der Waals surface area (Å²) >= 11 is 0. The van der Waals surface area contributed by atoms with Gasteiger partial charge in [-0.1, -0.05) is 17.3 Å². The van der Waals surface area contributed by atoms with Gasteiger partial charge in [0, 0.05) is 28.4 Å². The molecule has 30 heavy (non-hydrogen) atoms. The number of rotatable bonds is 4. The van der Waals surface area contributed by atoms with Crippen LogP contribution in [0.4, 0.5) is 10.3 Å². The minimum absolute atomic E-state index is 0.0399. The third-order valence-corrected chi connectivity index (χ3v) is 4.73. The fraction of sp³-hybridized carbons (Fsp3) is 0.0952. The first kappa shape index (κ1) is 17.9. The van der Waals surface area contributed by atoms with Crippen LogP contribution in [-0.2, 0) is 11.2 Å². The van der Waals surface area contributed by atoms with Gasteiger partial charge in [-0.05, 0) is 43.3 Å². The van der Waals surface area contributed by atoms with Crippen molar-refractivity contribution in [1.82, 2.24) is 24.7 Å². The lowest BCUT2D eigenvalue weighted by Crippen LogP contribution is -2.15. The number of fused-ring (bicyclic) bond motifs is 2. The van der Waals surface area contributed by atoms with Crippen molar-refractivity contribution in [3.05, 3.63) is 72.1 Å². The van der Waals surface area contributed by atoms with Crippen LogP contribution in [-0.4, -0.2) is 30.6 Å². The molecule has 148 valence electrons. The lowest BCUT2D eigenvalue weighted by molar-refractivity contribution is -0.115. The van der Waals surface area contributed by atoms with Crippen molar-refractivity contribution in [2.45, 2.75) is 13.3 Å². The molecule has 9 heteroatoms. The van der Waals surface area contributed by atoms with Crippen molar-refractivity contribution >= 4 is 28.5 Å². The highest BCUT2D eigenvalue weighted by Crippen LogP contribution is 2.23. The van der Waals surface area contributed by atoms with Crippen LogP contribution < -0.4 is 5.32 Å². The molecule has 1 aromatic carbocycles. The molecule has 0 unspecified atom stereocenters. The molecule has 0 aliphatic heterocycles. The second-order valence-electron chi connectivity index (χ2n) is 6.77. The van der Waals surface area contributed by atoms with Crippen LogP contribution in [0.15, 0.2) is 59.3 Å². The molecule has 0 aliphatic rings. The van der Waals surface area contributed by atoms with Crippen LogP contribution in [0.2, 0.25) is 0 Å². The number of pyridine rings is 2. The molecule has 1 amide bonds. The van der Waals surface area contributed by atoms with E-state index in [9.17, 15) is 9.18 Å². The minimum atomic E-state index is -0.525. The molecular formula is C21H15FN6O2. The number of nitrogens with zero attached hydrogens (tertiary/aromatic N) is 5. The van der Waals surface area contributed by atoms with Gasteiger partial charge in [0.05, 0.1) is 6.42 Å². The van der Waals surface area contributed by atoms with E-state index in [0.717, 1.165) is 16.5 Å². The fourth-order valence-corrected chi connectivity index (χ4v) is 3.32. The summed E-state index contributed by atoms with van der Waals surface area (Å²) in [6, 6.07) is 13.9. The van der Waals surface area contributed by atoms with Crippen molar-refractivity contribution in [2.75, 3.05) is 5.32 Å². The summed E-state index contributed by atoms with van der Waals surface area (Å²) in [6.45, 7) is 1.74. The van der Waals surface area contributed by atoms with Gasteiger partial charge in [0.25, 0.3) is 0 Å². The Hall–Kier alpha value is -4.14. The number of hydrogen-bond donors (Lipinski definition) is 1. The number of carbonyl (C=O) groups excluding carboxylic acids is 1. The Balaban J connectivity index is 1.38. The summed E-state index contributed by atoms with van der Waals surface area (Å²) in [5.41, 5.74) is 3.91. The van der Waals surface area contributed by atoms with E-state index in [1.54, 1.807) is 35.8 Å². The van der Waals surface area contributed by atoms with Crippen LogP contribution in [0.5, 0.6) is 0 Å². The van der Waals surface area contributed by atoms with Crippen LogP contribution in [0.1, 0.15) is 11.4 Å². The Morgan fingerprint density at radius 1 is 1.13 bits per heavy atom. The van der Waals surface area contributed by atoms with E-state index >= 15 is 0 Å². The minimum Gasteiger partial charge on any atom is -0.356 e. The molecule has 1 N–H and O–H groups in total. The Morgan fingerprint density at radius 3 is 2.87 bits per heavy atom. The average Bonchev–Trinajstić information content (AvgIpc) is 3.31. The number of halogens is 1. The lowest BCUT2D eigenvalue weighted by atomic mass is 10.1. The lowest BCUT2D eigenvalue weighted by Gasteiger charge is -2.05. The second-order valence-corrected chi connectivity index (χ2v) is 6.77. The highest BCUT2D eigenvalue weighted by molar-refractivity contribution is 5.93. The highest BCUT2D eigenvalue weighted by atomic mass is 19.1. The van der Waals surface area contributed by atoms with Gasteiger partial charge in [-0.15, -0.1) is 5.10 Å². The summed E-state index contributed by atoms with van der Waals surface area (Å²) in [5, 5.41) is 11.8. The zero-order chi connectivity index (χ0) is 20.7. The normalized spacial score (nSPS) is 11.3. The molecule has 5 aromatic rings. The Labute approximate surface area is 169 Å². The van der Waals surface area contributed by atoms with Crippen molar-refractivity contribution in [3.63, 3.8) is 0 Å². The molecule has 0 spiro atoms. The SMILES string of the molecule is Cc1nc(F)ccc1-c1ccc2nc(NC(=O)Cc3noc4ccccc34)nn2c1. The number of carbonyl (C=O) groups is 1. The molecule has 4 aromatic heterocycles. The number of para-hydroxylation sites is 1. The molecule has 0 saturated heterocycles. The molecule has 4 heterocycles. The summed E-state index contributed by atoms with van der Waals surface area (Å²) < 4.78 is 20.1. The van der Waals surface area contributed by atoms with E-state index in [1.807, 2.05) is 24.3 Å². The van der Waals surface area contributed by atoms with E-state index in [-0.39, 0.29) is 18.3 Å². The quantitative estimate of drug-likeness (QED) is 0.462. The van der Waals surface area contributed by atoms with Gasteiger partial charge in [0.1, 0.15) is 5.69 Å². The number of amides is 1. The summed E-state index contributed by atoms with van der Waals surface area (Å²) in [6.07, 6.45) is 1.79. The van der Waals surface area contributed by atoms with E-state index in [4.69, 9.17) is 4.52 Å². The number of anilines is 1. The van der Waals surface area contributed by atoms with Crippen LogP contribution in [0, 0.1) is 12.9 Å². The van der Waals surface area contributed by atoms with E-state index in [2.05, 4.69) is 25.5 Å². The van der Waals surface area contributed by atoms with Gasteiger partial charge in [-0.25, -0.2) is 9.50 Å². The van der Waals surface area contributed by atoms with Crippen LogP contribution in [0.25, 0.3) is 27.7 Å². The Bertz CT molecular complexity index is 1410.